The van der Waals surface area contributed by atoms with Gasteiger partial charge >= 0.3 is 6.18 Å². The zero-order chi connectivity index (χ0) is 16.9. The Kier molecular flexibility index (Phi) is 5.83. The SMILES string of the molecule is CN=C(NCC(O)C(F)(F)F)N1CCN(Cc2ccon2)CC1. The number of rotatable bonds is 4. The molecule has 1 aromatic heterocycles. The lowest BCUT2D eigenvalue weighted by Gasteiger charge is -2.36. The molecule has 23 heavy (non-hydrogen) atoms. The van der Waals surface area contributed by atoms with E-state index >= 15 is 0 Å². The number of nitrogens with one attached hydrogen (secondary N) is 1. The first-order valence-electron chi connectivity index (χ1n) is 7.22. The molecule has 7 nitrogen and oxygen atoms in total. The van der Waals surface area contributed by atoms with Gasteiger partial charge in [-0.3, -0.25) is 9.89 Å². The molecule has 10 heteroatoms. The number of aliphatic imine (C=N–C) groups is 1. The van der Waals surface area contributed by atoms with Crippen molar-refractivity contribution < 1.29 is 22.8 Å². The number of aromatic nitrogens is 1. The molecular formula is C13H20F3N5O2. The average molecular weight is 335 g/mol. The number of aliphatic hydroxyl groups is 1. The highest BCUT2D eigenvalue weighted by Gasteiger charge is 2.38. The van der Waals surface area contributed by atoms with Crippen LogP contribution in [0.3, 0.4) is 0 Å². The molecule has 130 valence electrons. The third-order valence-corrected chi connectivity index (χ3v) is 3.59. The molecule has 1 aliphatic heterocycles. The molecule has 2 N–H and O–H groups in total. The number of alkyl halides is 3. The van der Waals surface area contributed by atoms with Crippen molar-refractivity contribution in [3.63, 3.8) is 0 Å². The highest BCUT2D eigenvalue weighted by Crippen LogP contribution is 2.19. The second kappa shape index (κ2) is 7.64. The fraction of sp³-hybridized carbons (Fsp3) is 0.692. The van der Waals surface area contributed by atoms with Crippen molar-refractivity contribution in [3.05, 3.63) is 18.0 Å². The predicted molar refractivity (Wildman–Crippen MR) is 76.8 cm³/mol. The van der Waals surface area contributed by atoms with E-state index in [2.05, 4.69) is 20.4 Å². The number of piperazine rings is 1. The van der Waals surface area contributed by atoms with E-state index in [1.54, 1.807) is 6.07 Å². The highest BCUT2D eigenvalue weighted by atomic mass is 19.4. The molecule has 0 aromatic carbocycles. The van der Waals surface area contributed by atoms with E-state index in [0.717, 1.165) is 18.8 Å². The largest absolute Gasteiger partial charge is 0.416 e. The Morgan fingerprint density at radius 1 is 1.43 bits per heavy atom. The fourth-order valence-corrected chi connectivity index (χ4v) is 2.30. The third kappa shape index (κ3) is 5.10. The molecule has 2 heterocycles. The lowest BCUT2D eigenvalue weighted by Crippen LogP contribution is -2.53. The van der Waals surface area contributed by atoms with Gasteiger partial charge in [-0.25, -0.2) is 0 Å². The van der Waals surface area contributed by atoms with Crippen molar-refractivity contribution in [2.24, 2.45) is 4.99 Å². The van der Waals surface area contributed by atoms with Crippen molar-refractivity contribution in [1.82, 2.24) is 20.3 Å². The quantitative estimate of drug-likeness (QED) is 0.608. The highest BCUT2D eigenvalue weighted by molar-refractivity contribution is 5.80. The Morgan fingerprint density at radius 3 is 2.65 bits per heavy atom. The molecule has 0 bridgehead atoms. The van der Waals surface area contributed by atoms with E-state index in [4.69, 9.17) is 9.63 Å². The molecule has 1 aliphatic rings. The zero-order valence-electron chi connectivity index (χ0n) is 12.8. The standard InChI is InChI=1S/C13H20F3N5O2/c1-17-12(18-8-11(22)13(14,15)16)21-5-3-20(4-6-21)9-10-2-7-23-19-10/h2,7,11,22H,3-6,8-9H2,1H3,(H,17,18). The normalized spacial score (nSPS) is 19.0. The number of nitrogens with zero attached hydrogens (tertiary/aromatic N) is 4. The summed E-state index contributed by atoms with van der Waals surface area (Å²) in [4.78, 5) is 8.01. The monoisotopic (exact) mass is 335 g/mol. The average Bonchev–Trinajstić information content (AvgIpc) is 3.01. The summed E-state index contributed by atoms with van der Waals surface area (Å²) < 4.78 is 41.7. The number of hydrogen-bond donors (Lipinski definition) is 2. The minimum Gasteiger partial charge on any atom is -0.382 e. The molecule has 1 fully saturated rings. The summed E-state index contributed by atoms with van der Waals surface area (Å²) in [5.41, 5.74) is 0.842. The molecule has 0 radical (unpaired) electrons. The maximum atomic E-state index is 12.3. The number of aliphatic hydroxyl groups excluding tert-OH is 1. The molecule has 1 unspecified atom stereocenters. The van der Waals surface area contributed by atoms with Gasteiger partial charge in [-0.2, -0.15) is 13.2 Å². The van der Waals surface area contributed by atoms with Gasteiger partial charge in [0.05, 0.1) is 12.2 Å². The van der Waals surface area contributed by atoms with E-state index in [1.807, 2.05) is 4.90 Å². The molecule has 2 rings (SSSR count). The first-order valence-corrected chi connectivity index (χ1v) is 7.22. The lowest BCUT2D eigenvalue weighted by atomic mass is 10.3. The van der Waals surface area contributed by atoms with E-state index in [9.17, 15) is 13.2 Å². The van der Waals surface area contributed by atoms with Gasteiger partial charge in [0.1, 0.15) is 6.26 Å². The first-order chi connectivity index (χ1) is 10.9. The second-order valence-electron chi connectivity index (χ2n) is 5.24. The van der Waals surface area contributed by atoms with Gasteiger partial charge in [0.2, 0.25) is 0 Å². The number of guanidine groups is 1. The van der Waals surface area contributed by atoms with Gasteiger partial charge < -0.3 is 19.8 Å². The van der Waals surface area contributed by atoms with Crippen LogP contribution in [-0.2, 0) is 6.54 Å². The van der Waals surface area contributed by atoms with Crippen LogP contribution in [0.1, 0.15) is 5.69 Å². The van der Waals surface area contributed by atoms with Gasteiger partial charge in [0.15, 0.2) is 12.1 Å². The summed E-state index contributed by atoms with van der Waals surface area (Å²) in [5.74, 6) is 0.356. The van der Waals surface area contributed by atoms with Crippen LogP contribution >= 0.6 is 0 Å². The molecule has 0 saturated carbocycles. The zero-order valence-corrected chi connectivity index (χ0v) is 12.8. The van der Waals surface area contributed by atoms with E-state index < -0.39 is 18.8 Å². The first kappa shape index (κ1) is 17.5. The van der Waals surface area contributed by atoms with Gasteiger partial charge in [-0.1, -0.05) is 5.16 Å². The smallest absolute Gasteiger partial charge is 0.382 e. The maximum Gasteiger partial charge on any atom is 0.416 e. The van der Waals surface area contributed by atoms with E-state index in [1.165, 1.54) is 13.3 Å². The van der Waals surface area contributed by atoms with Gasteiger partial charge in [-0.05, 0) is 0 Å². The van der Waals surface area contributed by atoms with Gasteiger partial charge in [-0.15, -0.1) is 0 Å². The van der Waals surface area contributed by atoms with E-state index in [-0.39, 0.29) is 0 Å². The van der Waals surface area contributed by atoms with Crippen LogP contribution in [-0.4, -0.2) is 78.1 Å². The summed E-state index contributed by atoms with van der Waals surface area (Å²) >= 11 is 0. The fourth-order valence-electron chi connectivity index (χ4n) is 2.30. The van der Waals surface area contributed by atoms with Crippen LogP contribution in [0.2, 0.25) is 0 Å². The van der Waals surface area contributed by atoms with Gasteiger partial charge in [0, 0.05) is 45.8 Å². The Morgan fingerprint density at radius 2 is 2.13 bits per heavy atom. The molecular weight excluding hydrogens is 315 g/mol. The molecule has 0 amide bonds. The molecule has 1 aromatic rings. The summed E-state index contributed by atoms with van der Waals surface area (Å²) in [6.07, 6.45) is -5.53. The Bertz CT molecular complexity index is 498. The van der Waals surface area contributed by atoms with Crippen molar-refractivity contribution in [2.75, 3.05) is 39.8 Å². The topological polar surface area (TPSA) is 77.1 Å². The minimum absolute atomic E-state index is 0.356. The third-order valence-electron chi connectivity index (χ3n) is 3.59. The number of hydrogen-bond acceptors (Lipinski definition) is 5. The van der Waals surface area contributed by atoms with Crippen LogP contribution in [0.5, 0.6) is 0 Å². The summed E-state index contributed by atoms with van der Waals surface area (Å²) in [6.45, 7) is 2.77. The molecule has 0 spiro atoms. The van der Waals surface area contributed by atoms with Crippen molar-refractivity contribution in [2.45, 2.75) is 18.8 Å². The van der Waals surface area contributed by atoms with E-state index in [0.29, 0.717) is 25.6 Å². The Labute approximate surface area is 131 Å². The maximum absolute atomic E-state index is 12.3. The van der Waals surface area contributed by atoms with Crippen LogP contribution in [0.4, 0.5) is 13.2 Å². The summed E-state index contributed by atoms with van der Waals surface area (Å²) in [7, 11) is 1.50. The molecule has 1 saturated heterocycles. The van der Waals surface area contributed by atoms with Crippen LogP contribution in [0.25, 0.3) is 0 Å². The molecule has 0 aliphatic carbocycles. The second-order valence-corrected chi connectivity index (χ2v) is 5.24. The van der Waals surface area contributed by atoms with Crippen LogP contribution in [0.15, 0.2) is 21.8 Å². The summed E-state index contributed by atoms with van der Waals surface area (Å²) in [6, 6.07) is 1.80. The minimum atomic E-state index is -4.64. The number of halogens is 3. The Balaban J connectivity index is 1.78. The van der Waals surface area contributed by atoms with Gasteiger partial charge in [0.25, 0.3) is 0 Å². The van der Waals surface area contributed by atoms with Crippen molar-refractivity contribution >= 4 is 5.96 Å². The van der Waals surface area contributed by atoms with Crippen LogP contribution in [0, 0.1) is 0 Å². The Hall–Kier alpha value is -1.81. The predicted octanol–water partition coefficient (Wildman–Crippen LogP) is 0.291. The lowest BCUT2D eigenvalue weighted by molar-refractivity contribution is -0.201. The summed E-state index contributed by atoms with van der Waals surface area (Å²) in [5, 5.41) is 15.4. The van der Waals surface area contributed by atoms with Crippen molar-refractivity contribution in [3.8, 4) is 0 Å². The van der Waals surface area contributed by atoms with Crippen molar-refractivity contribution in [1.29, 1.82) is 0 Å². The van der Waals surface area contributed by atoms with Crippen LogP contribution < -0.4 is 5.32 Å². The molecule has 1 atom stereocenters.